The third-order valence-electron chi connectivity index (χ3n) is 2.85. The summed E-state index contributed by atoms with van der Waals surface area (Å²) in [7, 11) is 0. The Hall–Kier alpha value is -1.30. The van der Waals surface area contributed by atoms with Crippen molar-refractivity contribution in [2.45, 2.75) is 32.8 Å². The first-order chi connectivity index (χ1) is 8.23. The minimum atomic E-state index is -0.578. The molecule has 2 atom stereocenters. The van der Waals surface area contributed by atoms with Gasteiger partial charge in [0.25, 0.3) is 0 Å². The van der Waals surface area contributed by atoms with E-state index < -0.39 is 23.5 Å². The van der Waals surface area contributed by atoms with Crippen LogP contribution in [0.3, 0.4) is 0 Å². The summed E-state index contributed by atoms with van der Waals surface area (Å²) in [6.45, 7) is 5.94. The SMILES string of the molecule is CC(C)(C)OC(=O)N1C[C@H](CO)C[C@H](C(N)=O)C1. The predicted molar refractivity (Wildman–Crippen MR) is 65.7 cm³/mol. The highest BCUT2D eigenvalue weighted by Crippen LogP contribution is 2.23. The molecular weight excluding hydrogens is 236 g/mol. The van der Waals surface area contributed by atoms with Crippen LogP contribution in [-0.4, -0.2) is 47.3 Å². The zero-order valence-corrected chi connectivity index (χ0v) is 11.2. The number of aliphatic hydroxyl groups excluding tert-OH is 1. The van der Waals surface area contributed by atoms with Crippen molar-refractivity contribution in [2.24, 2.45) is 17.6 Å². The summed E-state index contributed by atoms with van der Waals surface area (Å²) < 4.78 is 5.25. The summed E-state index contributed by atoms with van der Waals surface area (Å²) >= 11 is 0. The Morgan fingerprint density at radius 2 is 2.00 bits per heavy atom. The van der Waals surface area contributed by atoms with Crippen LogP contribution in [0, 0.1) is 11.8 Å². The lowest BCUT2D eigenvalue weighted by atomic mass is 9.89. The molecule has 1 aliphatic rings. The van der Waals surface area contributed by atoms with E-state index in [4.69, 9.17) is 10.5 Å². The molecule has 1 aliphatic heterocycles. The number of nitrogens with two attached hydrogens (primary N) is 1. The molecule has 0 unspecified atom stereocenters. The summed E-state index contributed by atoms with van der Waals surface area (Å²) in [4.78, 5) is 24.6. The Kier molecular flexibility index (Phi) is 4.56. The maximum Gasteiger partial charge on any atom is 0.410 e. The molecule has 1 fully saturated rings. The van der Waals surface area contributed by atoms with Gasteiger partial charge in [-0.05, 0) is 27.2 Å². The molecule has 0 spiro atoms. The van der Waals surface area contributed by atoms with Gasteiger partial charge in [0.1, 0.15) is 5.60 Å². The number of carbonyl (C=O) groups excluding carboxylic acids is 2. The van der Waals surface area contributed by atoms with Gasteiger partial charge >= 0.3 is 6.09 Å². The van der Waals surface area contributed by atoms with Gasteiger partial charge in [0.15, 0.2) is 0 Å². The number of rotatable bonds is 2. The van der Waals surface area contributed by atoms with Gasteiger partial charge in [0.05, 0.1) is 5.92 Å². The molecule has 0 saturated carbocycles. The number of primary amides is 1. The van der Waals surface area contributed by atoms with Crippen LogP contribution < -0.4 is 5.73 Å². The standard InChI is InChI=1S/C12H22N2O4/c1-12(2,3)18-11(17)14-5-8(7-15)4-9(6-14)10(13)16/h8-9,15H,4-7H2,1-3H3,(H2,13,16)/t8-,9+/m1/s1. The summed E-state index contributed by atoms with van der Waals surface area (Å²) in [5.41, 5.74) is 4.70. The summed E-state index contributed by atoms with van der Waals surface area (Å²) in [5.74, 6) is -0.978. The van der Waals surface area contributed by atoms with E-state index in [9.17, 15) is 14.7 Å². The highest BCUT2D eigenvalue weighted by molar-refractivity contribution is 5.78. The van der Waals surface area contributed by atoms with Crippen molar-refractivity contribution in [3.05, 3.63) is 0 Å². The zero-order chi connectivity index (χ0) is 13.9. The number of hydrogen-bond acceptors (Lipinski definition) is 4. The lowest BCUT2D eigenvalue weighted by Crippen LogP contribution is -2.49. The van der Waals surface area contributed by atoms with Gasteiger partial charge in [0.2, 0.25) is 5.91 Å². The second kappa shape index (κ2) is 5.56. The lowest BCUT2D eigenvalue weighted by molar-refractivity contribution is -0.124. The van der Waals surface area contributed by atoms with Crippen molar-refractivity contribution in [1.29, 1.82) is 0 Å². The quantitative estimate of drug-likeness (QED) is 0.746. The first kappa shape index (κ1) is 14.8. The van der Waals surface area contributed by atoms with E-state index in [1.165, 1.54) is 4.90 Å². The van der Waals surface area contributed by atoms with Gasteiger partial charge in [-0.25, -0.2) is 4.79 Å². The average molecular weight is 258 g/mol. The summed E-state index contributed by atoms with van der Waals surface area (Å²) in [5, 5.41) is 9.19. The first-order valence-corrected chi connectivity index (χ1v) is 6.11. The van der Waals surface area contributed by atoms with Gasteiger partial charge in [-0.15, -0.1) is 0 Å². The molecule has 104 valence electrons. The van der Waals surface area contributed by atoms with Crippen LogP contribution in [0.5, 0.6) is 0 Å². The summed E-state index contributed by atoms with van der Waals surface area (Å²) in [6, 6.07) is 0. The van der Waals surface area contributed by atoms with Crippen LogP contribution in [0.25, 0.3) is 0 Å². The monoisotopic (exact) mass is 258 g/mol. The number of aliphatic hydroxyl groups is 1. The Morgan fingerprint density at radius 3 is 2.44 bits per heavy atom. The second-order valence-electron chi connectivity index (χ2n) is 5.77. The molecule has 3 N–H and O–H groups in total. The molecule has 6 heteroatoms. The van der Waals surface area contributed by atoms with E-state index in [1.54, 1.807) is 20.8 Å². The van der Waals surface area contributed by atoms with E-state index >= 15 is 0 Å². The topological polar surface area (TPSA) is 92.9 Å². The van der Waals surface area contributed by atoms with Crippen LogP contribution in [0.2, 0.25) is 0 Å². The van der Waals surface area contributed by atoms with E-state index in [-0.39, 0.29) is 19.1 Å². The van der Waals surface area contributed by atoms with E-state index in [2.05, 4.69) is 0 Å². The molecule has 0 bridgehead atoms. The van der Waals surface area contributed by atoms with Crippen molar-refractivity contribution < 1.29 is 19.4 Å². The Labute approximate surface area is 107 Å². The normalized spacial score (nSPS) is 24.8. The van der Waals surface area contributed by atoms with E-state index in [1.807, 2.05) is 0 Å². The molecule has 1 heterocycles. The first-order valence-electron chi connectivity index (χ1n) is 6.11. The fraction of sp³-hybridized carbons (Fsp3) is 0.833. The predicted octanol–water partition coefficient (Wildman–Crippen LogP) is 0.337. The number of ether oxygens (including phenoxy) is 1. The molecule has 0 aromatic heterocycles. The minimum Gasteiger partial charge on any atom is -0.444 e. The highest BCUT2D eigenvalue weighted by atomic mass is 16.6. The van der Waals surface area contributed by atoms with E-state index in [0.717, 1.165) is 0 Å². The van der Waals surface area contributed by atoms with Crippen molar-refractivity contribution in [2.75, 3.05) is 19.7 Å². The molecule has 0 aromatic carbocycles. The molecular formula is C12H22N2O4. The number of nitrogens with zero attached hydrogens (tertiary/aromatic N) is 1. The fourth-order valence-corrected chi connectivity index (χ4v) is 2.02. The van der Waals surface area contributed by atoms with E-state index in [0.29, 0.717) is 13.0 Å². The number of likely N-dealkylation sites (tertiary alicyclic amines) is 1. The zero-order valence-electron chi connectivity index (χ0n) is 11.2. The third-order valence-corrected chi connectivity index (χ3v) is 2.85. The van der Waals surface area contributed by atoms with Crippen LogP contribution in [-0.2, 0) is 9.53 Å². The smallest absolute Gasteiger partial charge is 0.410 e. The largest absolute Gasteiger partial charge is 0.444 e. The van der Waals surface area contributed by atoms with Crippen molar-refractivity contribution in [1.82, 2.24) is 4.90 Å². The van der Waals surface area contributed by atoms with Crippen LogP contribution in [0.15, 0.2) is 0 Å². The maximum absolute atomic E-state index is 11.9. The highest BCUT2D eigenvalue weighted by Gasteiger charge is 2.34. The number of piperidine rings is 1. The van der Waals surface area contributed by atoms with Crippen LogP contribution in [0.4, 0.5) is 4.79 Å². The Bertz CT molecular complexity index is 325. The Balaban J connectivity index is 2.69. The van der Waals surface area contributed by atoms with Gasteiger partial charge < -0.3 is 20.5 Å². The van der Waals surface area contributed by atoms with Crippen molar-refractivity contribution in [3.63, 3.8) is 0 Å². The van der Waals surface area contributed by atoms with Crippen molar-refractivity contribution in [3.8, 4) is 0 Å². The number of hydrogen-bond donors (Lipinski definition) is 2. The number of amides is 2. The second-order valence-corrected chi connectivity index (χ2v) is 5.77. The molecule has 0 aliphatic carbocycles. The third kappa shape index (κ3) is 4.18. The van der Waals surface area contributed by atoms with Crippen LogP contribution >= 0.6 is 0 Å². The molecule has 1 rings (SSSR count). The fourth-order valence-electron chi connectivity index (χ4n) is 2.02. The molecule has 18 heavy (non-hydrogen) atoms. The lowest BCUT2D eigenvalue weighted by Gasteiger charge is -2.36. The average Bonchev–Trinajstić information content (AvgIpc) is 2.26. The number of carbonyl (C=O) groups is 2. The van der Waals surface area contributed by atoms with Crippen molar-refractivity contribution >= 4 is 12.0 Å². The molecule has 1 saturated heterocycles. The maximum atomic E-state index is 11.9. The Morgan fingerprint density at radius 1 is 1.39 bits per heavy atom. The van der Waals surface area contributed by atoms with Gasteiger partial charge in [-0.1, -0.05) is 0 Å². The van der Waals surface area contributed by atoms with Gasteiger partial charge in [-0.2, -0.15) is 0 Å². The van der Waals surface area contributed by atoms with Crippen LogP contribution in [0.1, 0.15) is 27.2 Å². The minimum absolute atomic E-state index is 0.0664. The molecule has 0 aromatic rings. The molecule has 6 nitrogen and oxygen atoms in total. The molecule has 2 amide bonds. The van der Waals surface area contributed by atoms with Gasteiger partial charge in [0, 0.05) is 25.6 Å². The molecule has 0 radical (unpaired) electrons. The summed E-state index contributed by atoms with van der Waals surface area (Å²) in [6.07, 6.45) is 0.0531. The van der Waals surface area contributed by atoms with Gasteiger partial charge in [-0.3, -0.25) is 4.79 Å².